The maximum absolute atomic E-state index is 5.92. The third-order valence-electron chi connectivity index (χ3n) is 2.75. The number of halogens is 1. The smallest absolute Gasteiger partial charge is 0.128 e. The van der Waals surface area contributed by atoms with Crippen molar-refractivity contribution in [2.75, 3.05) is 0 Å². The first-order chi connectivity index (χ1) is 8.45. The summed E-state index contributed by atoms with van der Waals surface area (Å²) >= 11 is 5.92. The molecule has 0 unspecified atom stereocenters. The summed E-state index contributed by atoms with van der Waals surface area (Å²) in [5, 5.41) is 0.679. The van der Waals surface area contributed by atoms with Gasteiger partial charge in [0.15, 0.2) is 0 Å². The zero-order chi connectivity index (χ0) is 13.2. The van der Waals surface area contributed by atoms with E-state index in [1.165, 1.54) is 5.56 Å². The number of hydrogen-bond acceptors (Lipinski definition) is 1. The highest BCUT2D eigenvalue weighted by Crippen LogP contribution is 2.27. The van der Waals surface area contributed by atoms with Gasteiger partial charge in [0.25, 0.3) is 0 Å². The first-order valence-corrected chi connectivity index (χ1v) is 6.37. The molecule has 2 aromatic carbocycles. The van der Waals surface area contributed by atoms with Crippen LogP contribution in [-0.4, -0.2) is 0 Å². The quantitative estimate of drug-likeness (QED) is 0.700. The van der Waals surface area contributed by atoms with Crippen molar-refractivity contribution in [3.8, 4) is 11.5 Å². The third kappa shape index (κ3) is 3.27. The lowest BCUT2D eigenvalue weighted by molar-refractivity contribution is 0.481. The molecule has 0 saturated carbocycles. The molecule has 0 bridgehead atoms. The molecule has 0 fully saturated rings. The lowest BCUT2D eigenvalue weighted by Gasteiger charge is -2.19. The number of rotatable bonds is 2. The van der Waals surface area contributed by atoms with Crippen LogP contribution in [0.25, 0.3) is 0 Å². The maximum Gasteiger partial charge on any atom is 0.128 e. The Hall–Kier alpha value is -1.47. The molecule has 2 aromatic rings. The predicted molar refractivity (Wildman–Crippen MR) is 76.7 cm³/mol. The van der Waals surface area contributed by atoms with E-state index in [4.69, 9.17) is 16.3 Å². The molecule has 0 aromatic heterocycles. The summed E-state index contributed by atoms with van der Waals surface area (Å²) in [6.07, 6.45) is 0. The second-order valence-electron chi connectivity index (χ2n) is 5.33. The van der Waals surface area contributed by atoms with Gasteiger partial charge >= 0.3 is 0 Å². The molecule has 1 nitrogen and oxygen atoms in total. The Morgan fingerprint density at radius 2 is 1.56 bits per heavy atom. The molecular formula is C16H17ClO. The Morgan fingerprint density at radius 3 is 2.11 bits per heavy atom. The highest BCUT2D eigenvalue weighted by molar-refractivity contribution is 6.30. The van der Waals surface area contributed by atoms with E-state index in [1.54, 1.807) is 6.07 Å². The molecule has 2 heteroatoms. The fraction of sp³-hybridized carbons (Fsp3) is 0.250. The van der Waals surface area contributed by atoms with Crippen molar-refractivity contribution in [1.82, 2.24) is 0 Å². The molecule has 0 aliphatic carbocycles. The Kier molecular flexibility index (Phi) is 3.63. The summed E-state index contributed by atoms with van der Waals surface area (Å²) in [6, 6.07) is 15.6. The van der Waals surface area contributed by atoms with Crippen LogP contribution in [0.15, 0.2) is 48.5 Å². The molecule has 18 heavy (non-hydrogen) atoms. The van der Waals surface area contributed by atoms with Crippen LogP contribution in [-0.2, 0) is 5.41 Å². The normalized spacial score (nSPS) is 11.3. The van der Waals surface area contributed by atoms with Gasteiger partial charge in [0, 0.05) is 5.02 Å². The molecule has 0 spiro atoms. The van der Waals surface area contributed by atoms with E-state index in [0.29, 0.717) is 5.02 Å². The molecule has 0 amide bonds. The predicted octanol–water partition coefficient (Wildman–Crippen LogP) is 5.43. The molecule has 0 heterocycles. The topological polar surface area (TPSA) is 9.23 Å². The van der Waals surface area contributed by atoms with Crippen molar-refractivity contribution in [3.63, 3.8) is 0 Å². The van der Waals surface area contributed by atoms with Gasteiger partial charge in [0.2, 0.25) is 0 Å². The second-order valence-corrected chi connectivity index (χ2v) is 5.77. The van der Waals surface area contributed by atoms with Crippen molar-refractivity contribution < 1.29 is 4.74 Å². The Morgan fingerprint density at radius 1 is 0.889 bits per heavy atom. The van der Waals surface area contributed by atoms with E-state index < -0.39 is 0 Å². The minimum Gasteiger partial charge on any atom is -0.457 e. The summed E-state index contributed by atoms with van der Waals surface area (Å²) in [4.78, 5) is 0. The standard InChI is InChI=1S/C16H17ClO/c1-16(2,3)12-7-9-14(10-8-12)18-15-6-4-5-13(17)11-15/h4-11H,1-3H3. The summed E-state index contributed by atoms with van der Waals surface area (Å²) in [5.74, 6) is 1.58. The van der Waals surface area contributed by atoms with Gasteiger partial charge in [0.1, 0.15) is 11.5 Å². The molecule has 0 saturated heterocycles. The van der Waals surface area contributed by atoms with Crippen LogP contribution in [0.2, 0.25) is 5.02 Å². The van der Waals surface area contributed by atoms with E-state index in [-0.39, 0.29) is 5.41 Å². The third-order valence-corrected chi connectivity index (χ3v) is 2.99. The number of hydrogen-bond donors (Lipinski definition) is 0. The van der Waals surface area contributed by atoms with E-state index in [2.05, 4.69) is 32.9 Å². The lowest BCUT2D eigenvalue weighted by atomic mass is 9.87. The van der Waals surface area contributed by atoms with Crippen molar-refractivity contribution in [3.05, 3.63) is 59.1 Å². The van der Waals surface area contributed by atoms with Gasteiger partial charge in [0.05, 0.1) is 0 Å². The Balaban J connectivity index is 2.16. The molecule has 0 radical (unpaired) electrons. The minimum absolute atomic E-state index is 0.161. The van der Waals surface area contributed by atoms with Gasteiger partial charge in [-0.15, -0.1) is 0 Å². The molecule has 2 rings (SSSR count). The molecular weight excluding hydrogens is 244 g/mol. The SMILES string of the molecule is CC(C)(C)c1ccc(Oc2cccc(Cl)c2)cc1. The van der Waals surface area contributed by atoms with Crippen molar-refractivity contribution in [1.29, 1.82) is 0 Å². The first kappa shape index (κ1) is 13.0. The van der Waals surface area contributed by atoms with E-state index in [0.717, 1.165) is 11.5 Å². The van der Waals surface area contributed by atoms with Crippen LogP contribution in [0.1, 0.15) is 26.3 Å². The van der Waals surface area contributed by atoms with Crippen molar-refractivity contribution >= 4 is 11.6 Å². The fourth-order valence-corrected chi connectivity index (χ4v) is 1.87. The van der Waals surface area contributed by atoms with Crippen LogP contribution in [0, 0.1) is 0 Å². The van der Waals surface area contributed by atoms with Gasteiger partial charge in [-0.3, -0.25) is 0 Å². The van der Waals surface area contributed by atoms with Gasteiger partial charge in [-0.1, -0.05) is 50.6 Å². The van der Waals surface area contributed by atoms with Crippen molar-refractivity contribution in [2.45, 2.75) is 26.2 Å². The zero-order valence-corrected chi connectivity index (χ0v) is 11.7. The summed E-state index contributed by atoms with van der Waals surface area (Å²) in [7, 11) is 0. The largest absolute Gasteiger partial charge is 0.457 e. The second kappa shape index (κ2) is 5.03. The van der Waals surface area contributed by atoms with E-state index in [1.807, 2.05) is 30.3 Å². The molecule has 94 valence electrons. The highest BCUT2D eigenvalue weighted by Gasteiger charge is 2.13. The van der Waals surface area contributed by atoms with Crippen LogP contribution in [0.3, 0.4) is 0 Å². The fourth-order valence-electron chi connectivity index (χ4n) is 1.69. The molecule has 0 atom stereocenters. The van der Waals surface area contributed by atoms with Gasteiger partial charge in [-0.2, -0.15) is 0 Å². The van der Waals surface area contributed by atoms with Gasteiger partial charge in [-0.05, 0) is 41.3 Å². The lowest BCUT2D eigenvalue weighted by Crippen LogP contribution is -2.10. The Labute approximate surface area is 113 Å². The molecule has 0 aliphatic rings. The number of benzene rings is 2. The monoisotopic (exact) mass is 260 g/mol. The van der Waals surface area contributed by atoms with Gasteiger partial charge in [-0.25, -0.2) is 0 Å². The summed E-state index contributed by atoms with van der Waals surface area (Å²) in [6.45, 7) is 6.58. The summed E-state index contributed by atoms with van der Waals surface area (Å²) < 4.78 is 5.74. The Bertz CT molecular complexity index is 524. The minimum atomic E-state index is 0.161. The average molecular weight is 261 g/mol. The highest BCUT2D eigenvalue weighted by atomic mass is 35.5. The molecule has 0 N–H and O–H groups in total. The zero-order valence-electron chi connectivity index (χ0n) is 10.9. The molecule has 0 aliphatic heterocycles. The van der Waals surface area contributed by atoms with Gasteiger partial charge < -0.3 is 4.74 Å². The van der Waals surface area contributed by atoms with Crippen molar-refractivity contribution in [2.24, 2.45) is 0 Å². The first-order valence-electron chi connectivity index (χ1n) is 5.99. The van der Waals surface area contributed by atoms with Crippen LogP contribution < -0.4 is 4.74 Å². The van der Waals surface area contributed by atoms with Crippen LogP contribution >= 0.6 is 11.6 Å². The van der Waals surface area contributed by atoms with Crippen LogP contribution in [0.4, 0.5) is 0 Å². The summed E-state index contributed by atoms with van der Waals surface area (Å²) in [5.41, 5.74) is 1.45. The van der Waals surface area contributed by atoms with Crippen LogP contribution in [0.5, 0.6) is 11.5 Å². The van der Waals surface area contributed by atoms with E-state index >= 15 is 0 Å². The average Bonchev–Trinajstić information content (AvgIpc) is 2.28. The maximum atomic E-state index is 5.92. The van der Waals surface area contributed by atoms with E-state index in [9.17, 15) is 0 Å². The number of ether oxygens (including phenoxy) is 1.